The Hall–Kier alpha value is -2.84. The average Bonchev–Trinajstić information content (AvgIpc) is 3.49. The van der Waals surface area contributed by atoms with Crippen LogP contribution in [0.15, 0.2) is 54.6 Å². The van der Waals surface area contributed by atoms with Gasteiger partial charge in [0, 0.05) is 38.5 Å². The van der Waals surface area contributed by atoms with E-state index in [1.807, 2.05) is 22.9 Å². The van der Waals surface area contributed by atoms with Crippen molar-refractivity contribution < 1.29 is 9.13 Å². The van der Waals surface area contributed by atoms with Gasteiger partial charge in [0.15, 0.2) is 5.82 Å². The lowest BCUT2D eigenvalue weighted by molar-refractivity contribution is 0.0906. The summed E-state index contributed by atoms with van der Waals surface area (Å²) in [5.41, 5.74) is 2.24. The van der Waals surface area contributed by atoms with Gasteiger partial charge in [-0.25, -0.2) is 9.07 Å². The van der Waals surface area contributed by atoms with Crippen molar-refractivity contribution in [2.24, 2.45) is 0 Å². The van der Waals surface area contributed by atoms with Crippen LogP contribution in [0.1, 0.15) is 30.3 Å². The Labute approximate surface area is 181 Å². The summed E-state index contributed by atoms with van der Waals surface area (Å²) in [6.45, 7) is 4.99. The molecule has 0 aliphatic carbocycles. The van der Waals surface area contributed by atoms with Gasteiger partial charge in [-0.05, 0) is 53.1 Å². The van der Waals surface area contributed by atoms with Crippen LogP contribution >= 0.6 is 0 Å². The molecule has 8 heteroatoms. The first kappa shape index (κ1) is 20.1. The first-order chi connectivity index (χ1) is 15.3. The number of hydrogen-bond acceptors (Lipinski definition) is 6. The Morgan fingerprint density at radius 1 is 1.00 bits per heavy atom. The molecule has 7 nitrogen and oxygen atoms in total. The molecule has 2 aliphatic heterocycles. The fourth-order valence-electron chi connectivity index (χ4n) is 4.56. The van der Waals surface area contributed by atoms with Crippen LogP contribution < -0.4 is 4.90 Å². The maximum Gasteiger partial charge on any atom is 0.173 e. The van der Waals surface area contributed by atoms with Crippen molar-refractivity contribution in [2.75, 3.05) is 37.7 Å². The molecule has 0 radical (unpaired) electrons. The van der Waals surface area contributed by atoms with Crippen molar-refractivity contribution >= 4 is 5.69 Å². The third-order valence-electron chi connectivity index (χ3n) is 6.19. The predicted molar refractivity (Wildman–Crippen MR) is 115 cm³/mol. The Kier molecular flexibility index (Phi) is 5.90. The van der Waals surface area contributed by atoms with Crippen LogP contribution in [0.5, 0.6) is 0 Å². The molecule has 2 saturated heterocycles. The molecule has 3 heterocycles. The topological polar surface area (TPSA) is 59.3 Å². The van der Waals surface area contributed by atoms with E-state index in [-0.39, 0.29) is 18.0 Å². The molecule has 2 aliphatic rings. The van der Waals surface area contributed by atoms with Gasteiger partial charge in [-0.1, -0.05) is 30.3 Å². The molecule has 0 unspecified atom stereocenters. The Bertz CT molecular complexity index is 965. The molecule has 0 bridgehead atoms. The van der Waals surface area contributed by atoms with E-state index in [0.717, 1.165) is 57.0 Å². The van der Waals surface area contributed by atoms with Gasteiger partial charge >= 0.3 is 0 Å². The lowest BCUT2D eigenvalue weighted by Gasteiger charge is -2.40. The van der Waals surface area contributed by atoms with Crippen molar-refractivity contribution in [1.29, 1.82) is 0 Å². The van der Waals surface area contributed by atoms with Crippen molar-refractivity contribution in [3.8, 4) is 0 Å². The highest BCUT2D eigenvalue weighted by Gasteiger charge is 2.31. The number of rotatable bonds is 6. The van der Waals surface area contributed by atoms with Gasteiger partial charge in [0.1, 0.15) is 5.82 Å². The maximum absolute atomic E-state index is 13.6. The highest BCUT2D eigenvalue weighted by molar-refractivity contribution is 5.46. The maximum atomic E-state index is 13.6. The fraction of sp³-hybridized carbons (Fsp3) is 0.435. The normalized spacial score (nSPS) is 20.8. The molecular weight excluding hydrogens is 395 g/mol. The molecule has 0 spiro atoms. The van der Waals surface area contributed by atoms with E-state index in [1.54, 1.807) is 0 Å². The van der Waals surface area contributed by atoms with Crippen molar-refractivity contribution in [3.63, 3.8) is 0 Å². The van der Waals surface area contributed by atoms with E-state index < -0.39 is 0 Å². The number of aromatic nitrogens is 4. The number of nitrogens with zero attached hydrogens (tertiary/aromatic N) is 6. The molecule has 1 aromatic heterocycles. The number of halogens is 1. The minimum Gasteiger partial charge on any atom is -0.376 e. The largest absolute Gasteiger partial charge is 0.376 e. The lowest BCUT2D eigenvalue weighted by atomic mass is 10.0. The average molecular weight is 423 g/mol. The second-order valence-corrected chi connectivity index (χ2v) is 8.17. The Morgan fingerprint density at radius 3 is 2.48 bits per heavy atom. The van der Waals surface area contributed by atoms with Crippen LogP contribution in [0.2, 0.25) is 0 Å². The molecule has 2 aromatic carbocycles. The number of benzene rings is 2. The second-order valence-electron chi connectivity index (χ2n) is 8.17. The minimum absolute atomic E-state index is 0.130. The molecule has 2 fully saturated rings. The van der Waals surface area contributed by atoms with Crippen LogP contribution in [-0.4, -0.2) is 64.0 Å². The van der Waals surface area contributed by atoms with E-state index >= 15 is 0 Å². The minimum atomic E-state index is -0.240. The third-order valence-corrected chi connectivity index (χ3v) is 6.19. The highest BCUT2D eigenvalue weighted by atomic mass is 19.1. The summed E-state index contributed by atoms with van der Waals surface area (Å²) in [7, 11) is 0. The Balaban J connectivity index is 1.40. The van der Waals surface area contributed by atoms with Crippen LogP contribution in [0, 0.1) is 5.82 Å². The van der Waals surface area contributed by atoms with Gasteiger partial charge in [0.05, 0.1) is 18.7 Å². The van der Waals surface area contributed by atoms with E-state index in [9.17, 15) is 4.39 Å². The Morgan fingerprint density at radius 2 is 1.77 bits per heavy atom. The summed E-state index contributed by atoms with van der Waals surface area (Å²) in [5.74, 6) is 0.547. The molecular formula is C23H27FN6O. The molecule has 0 amide bonds. The molecule has 5 rings (SSSR count). The molecule has 2 atom stereocenters. The molecule has 0 saturated carbocycles. The highest BCUT2D eigenvalue weighted by Crippen LogP contribution is 2.30. The first-order valence-electron chi connectivity index (χ1n) is 10.9. The standard InChI is InChI=1S/C23H27FN6O/c24-19-10-8-18(9-11-19)22(23-25-26-27-30(23)17-21-7-4-16-31-21)29-14-12-28(13-15-29)20-5-2-1-3-6-20/h1-3,5-6,8-11,21-22H,4,7,12-17H2/t21-,22-/m1/s1. The molecule has 0 N–H and O–H groups in total. The zero-order valence-electron chi connectivity index (χ0n) is 17.5. The van der Waals surface area contributed by atoms with Gasteiger partial charge in [0.25, 0.3) is 0 Å². The summed E-state index contributed by atoms with van der Waals surface area (Å²) in [6, 6.07) is 17.1. The van der Waals surface area contributed by atoms with Gasteiger partial charge in [-0.15, -0.1) is 5.10 Å². The zero-order chi connectivity index (χ0) is 21.0. The van der Waals surface area contributed by atoms with Crippen LogP contribution in [0.4, 0.5) is 10.1 Å². The SMILES string of the molecule is Fc1ccc([C@H](c2nnnn2C[C@H]2CCCO2)N2CCN(c3ccccc3)CC2)cc1. The zero-order valence-corrected chi connectivity index (χ0v) is 17.5. The number of tetrazole rings is 1. The fourth-order valence-corrected chi connectivity index (χ4v) is 4.56. The quantitative estimate of drug-likeness (QED) is 0.609. The van der Waals surface area contributed by atoms with Crippen LogP contribution in [-0.2, 0) is 11.3 Å². The van der Waals surface area contributed by atoms with Crippen molar-refractivity contribution in [2.45, 2.75) is 31.5 Å². The summed E-state index contributed by atoms with van der Waals surface area (Å²) < 4.78 is 21.3. The van der Waals surface area contributed by atoms with Gasteiger partial charge in [-0.3, -0.25) is 4.90 Å². The van der Waals surface area contributed by atoms with Gasteiger partial charge in [0.2, 0.25) is 0 Å². The lowest BCUT2D eigenvalue weighted by Crippen LogP contribution is -2.48. The van der Waals surface area contributed by atoms with E-state index in [2.05, 4.69) is 49.6 Å². The summed E-state index contributed by atoms with van der Waals surface area (Å²) in [4.78, 5) is 4.79. The number of ether oxygens (including phenoxy) is 1. The molecule has 162 valence electrons. The van der Waals surface area contributed by atoms with Crippen molar-refractivity contribution in [1.82, 2.24) is 25.1 Å². The third kappa shape index (κ3) is 4.45. The van der Waals surface area contributed by atoms with Crippen molar-refractivity contribution in [3.05, 3.63) is 71.8 Å². The number of anilines is 1. The van der Waals surface area contributed by atoms with Gasteiger partial charge in [-0.2, -0.15) is 0 Å². The summed E-state index contributed by atoms with van der Waals surface area (Å²) in [6.07, 6.45) is 2.24. The predicted octanol–water partition coefficient (Wildman–Crippen LogP) is 2.90. The second kappa shape index (κ2) is 9.11. The number of piperazine rings is 1. The first-order valence-corrected chi connectivity index (χ1v) is 10.9. The number of hydrogen-bond donors (Lipinski definition) is 0. The van der Waals surface area contributed by atoms with E-state index in [0.29, 0.717) is 6.54 Å². The molecule has 3 aromatic rings. The van der Waals surface area contributed by atoms with E-state index in [1.165, 1.54) is 17.8 Å². The molecule has 31 heavy (non-hydrogen) atoms. The number of para-hydroxylation sites is 1. The van der Waals surface area contributed by atoms with Crippen LogP contribution in [0.25, 0.3) is 0 Å². The van der Waals surface area contributed by atoms with E-state index in [4.69, 9.17) is 4.74 Å². The summed E-state index contributed by atoms with van der Waals surface area (Å²) in [5, 5.41) is 12.7. The summed E-state index contributed by atoms with van der Waals surface area (Å²) >= 11 is 0. The monoisotopic (exact) mass is 422 g/mol. The smallest absolute Gasteiger partial charge is 0.173 e. The van der Waals surface area contributed by atoms with Crippen LogP contribution in [0.3, 0.4) is 0 Å². The van der Waals surface area contributed by atoms with Gasteiger partial charge < -0.3 is 9.64 Å².